The second kappa shape index (κ2) is 10.0. The summed E-state index contributed by atoms with van der Waals surface area (Å²) >= 11 is 0. The zero-order valence-electron chi connectivity index (χ0n) is 21.3. The molecule has 4 rings (SSSR count). The summed E-state index contributed by atoms with van der Waals surface area (Å²) in [6.07, 6.45) is -7.52. The standard InChI is InChI=1S/C25H26F5N3O5S/c1-14(2)32-18-11-16(20(34)13-24(3)5-8-39(36,37)9-6-24)17(26)12-19(18)33(23(32)35)21-10-15(4-7-31-21)38-25(29,30)22(27)28/h4,7,10-12,14,22H,5-6,8-9,13H2,1-3H3. The minimum absolute atomic E-state index is 0.0389. The van der Waals surface area contributed by atoms with E-state index in [1.807, 2.05) is 0 Å². The highest BCUT2D eigenvalue weighted by molar-refractivity contribution is 7.91. The number of aromatic nitrogens is 3. The number of carbonyl (C=O) groups excluding carboxylic acids is 1. The zero-order valence-corrected chi connectivity index (χ0v) is 22.1. The highest BCUT2D eigenvalue weighted by atomic mass is 32.2. The van der Waals surface area contributed by atoms with Crippen molar-refractivity contribution in [2.75, 3.05) is 11.5 Å². The van der Waals surface area contributed by atoms with E-state index in [-0.39, 0.29) is 53.2 Å². The van der Waals surface area contributed by atoms with Crippen LogP contribution in [0, 0.1) is 11.2 Å². The fraction of sp³-hybridized carbons (Fsp3) is 0.480. The summed E-state index contributed by atoms with van der Waals surface area (Å²) in [5, 5.41) is 0. The molecule has 1 aromatic carbocycles. The molecule has 3 aromatic rings. The van der Waals surface area contributed by atoms with Crippen molar-refractivity contribution in [3.8, 4) is 11.6 Å². The molecular weight excluding hydrogens is 549 g/mol. The van der Waals surface area contributed by atoms with Crippen molar-refractivity contribution < 1.29 is 39.9 Å². The van der Waals surface area contributed by atoms with Crippen LogP contribution in [-0.2, 0) is 9.84 Å². The molecular formula is C25H26F5N3O5S. The number of imidazole rings is 1. The molecule has 0 bridgehead atoms. The highest BCUT2D eigenvalue weighted by Crippen LogP contribution is 2.37. The van der Waals surface area contributed by atoms with E-state index in [0.717, 1.165) is 29.0 Å². The fourth-order valence-electron chi connectivity index (χ4n) is 4.65. The van der Waals surface area contributed by atoms with E-state index in [1.165, 1.54) is 10.6 Å². The van der Waals surface area contributed by atoms with Gasteiger partial charge in [0.15, 0.2) is 5.78 Å². The number of rotatable bonds is 8. The summed E-state index contributed by atoms with van der Waals surface area (Å²) in [7, 11) is -3.17. The number of ketones is 1. The first-order valence-electron chi connectivity index (χ1n) is 12.1. The predicted octanol–water partition coefficient (Wildman–Crippen LogP) is 4.93. The second-order valence-electron chi connectivity index (χ2n) is 10.3. The number of hydrogen-bond donors (Lipinski definition) is 0. The molecule has 0 saturated carbocycles. The molecule has 212 valence electrons. The maximum absolute atomic E-state index is 15.3. The molecule has 0 unspecified atom stereocenters. The summed E-state index contributed by atoms with van der Waals surface area (Å²) in [5.74, 6) is -2.63. The van der Waals surface area contributed by atoms with Gasteiger partial charge in [0.25, 0.3) is 0 Å². The number of sulfone groups is 1. The van der Waals surface area contributed by atoms with Gasteiger partial charge in [-0.3, -0.25) is 9.36 Å². The molecule has 0 amide bonds. The summed E-state index contributed by atoms with van der Waals surface area (Å²) in [6.45, 7) is 5.10. The highest BCUT2D eigenvalue weighted by Gasteiger charge is 2.44. The smallest absolute Gasteiger partial charge is 0.428 e. The molecule has 39 heavy (non-hydrogen) atoms. The van der Waals surface area contributed by atoms with Crippen LogP contribution in [0.4, 0.5) is 22.0 Å². The lowest BCUT2D eigenvalue weighted by molar-refractivity contribution is -0.253. The average Bonchev–Trinajstić information content (AvgIpc) is 3.11. The minimum atomic E-state index is -4.80. The van der Waals surface area contributed by atoms with Crippen LogP contribution in [0.5, 0.6) is 5.75 Å². The van der Waals surface area contributed by atoms with Crippen LogP contribution in [0.25, 0.3) is 16.9 Å². The van der Waals surface area contributed by atoms with Crippen molar-refractivity contribution in [1.29, 1.82) is 0 Å². The Labute approximate surface area is 220 Å². The maximum Gasteiger partial charge on any atom is 0.461 e. The number of ether oxygens (including phenoxy) is 1. The van der Waals surface area contributed by atoms with Crippen LogP contribution in [0.2, 0.25) is 0 Å². The zero-order chi connectivity index (χ0) is 28.9. The second-order valence-corrected chi connectivity index (χ2v) is 12.6. The molecule has 0 spiro atoms. The minimum Gasteiger partial charge on any atom is -0.428 e. The Kier molecular flexibility index (Phi) is 7.38. The molecule has 0 N–H and O–H groups in total. The van der Waals surface area contributed by atoms with Gasteiger partial charge in [0.2, 0.25) is 0 Å². The van der Waals surface area contributed by atoms with Crippen LogP contribution in [0.15, 0.2) is 35.3 Å². The molecule has 1 fully saturated rings. The Balaban J connectivity index is 1.78. The summed E-state index contributed by atoms with van der Waals surface area (Å²) in [4.78, 5) is 30.5. The first kappa shape index (κ1) is 28.7. The lowest BCUT2D eigenvalue weighted by Gasteiger charge is -2.32. The van der Waals surface area contributed by atoms with Gasteiger partial charge in [0.1, 0.15) is 27.2 Å². The van der Waals surface area contributed by atoms with Gasteiger partial charge in [-0.15, -0.1) is 0 Å². The number of pyridine rings is 1. The normalized spacial score (nSPS) is 17.2. The fourth-order valence-corrected chi connectivity index (χ4v) is 6.46. The number of nitrogens with zero attached hydrogens (tertiary/aromatic N) is 3. The number of fused-ring (bicyclic) bond motifs is 1. The number of halogens is 5. The molecule has 0 atom stereocenters. The topological polar surface area (TPSA) is 100 Å². The lowest BCUT2D eigenvalue weighted by atomic mass is 9.78. The largest absolute Gasteiger partial charge is 0.461 e. The molecule has 1 aliphatic rings. The van der Waals surface area contributed by atoms with E-state index in [0.29, 0.717) is 0 Å². The van der Waals surface area contributed by atoms with E-state index >= 15 is 4.39 Å². The van der Waals surface area contributed by atoms with Gasteiger partial charge < -0.3 is 4.74 Å². The van der Waals surface area contributed by atoms with Crippen molar-refractivity contribution in [3.63, 3.8) is 0 Å². The molecule has 2 aromatic heterocycles. The van der Waals surface area contributed by atoms with Crippen molar-refractivity contribution >= 4 is 26.7 Å². The third-order valence-electron chi connectivity index (χ3n) is 6.85. The van der Waals surface area contributed by atoms with Gasteiger partial charge in [-0.2, -0.15) is 17.6 Å². The summed E-state index contributed by atoms with van der Waals surface area (Å²) in [5.41, 5.74) is -1.55. The molecule has 1 aliphatic heterocycles. The average molecular weight is 576 g/mol. The van der Waals surface area contributed by atoms with Crippen molar-refractivity contribution in [1.82, 2.24) is 14.1 Å². The molecule has 14 heteroatoms. The Bertz CT molecular complexity index is 1580. The molecule has 1 saturated heterocycles. The SMILES string of the molecule is CC(C)n1c(=O)n(-c2cc(OC(F)(F)C(F)F)ccn2)c2cc(F)c(C(=O)CC3(C)CCS(=O)(=O)CC3)cc21. The third kappa shape index (κ3) is 5.70. The first-order valence-corrected chi connectivity index (χ1v) is 13.9. The Morgan fingerprint density at radius 2 is 1.79 bits per heavy atom. The van der Waals surface area contributed by atoms with Crippen LogP contribution in [0.3, 0.4) is 0 Å². The summed E-state index contributed by atoms with van der Waals surface area (Å²) in [6, 6.07) is 3.43. The van der Waals surface area contributed by atoms with E-state index in [4.69, 9.17) is 0 Å². The van der Waals surface area contributed by atoms with Crippen molar-refractivity contribution in [3.05, 3.63) is 52.3 Å². The molecule has 0 radical (unpaired) electrons. The quantitative estimate of drug-likeness (QED) is 0.279. The van der Waals surface area contributed by atoms with E-state index < -0.39 is 56.9 Å². The number of hydrogen-bond acceptors (Lipinski definition) is 6. The van der Waals surface area contributed by atoms with Gasteiger partial charge in [0, 0.05) is 30.8 Å². The lowest BCUT2D eigenvalue weighted by Crippen LogP contribution is -2.33. The molecule has 0 aliphatic carbocycles. The van der Waals surface area contributed by atoms with E-state index in [1.54, 1.807) is 20.8 Å². The number of Topliss-reactive ketones (excluding diaryl/α,β-unsaturated/α-hetero) is 1. The van der Waals surface area contributed by atoms with Crippen LogP contribution in [0.1, 0.15) is 56.4 Å². The van der Waals surface area contributed by atoms with Crippen LogP contribution >= 0.6 is 0 Å². The Hall–Kier alpha value is -3.29. The van der Waals surface area contributed by atoms with Crippen molar-refractivity contribution in [2.24, 2.45) is 5.41 Å². The van der Waals surface area contributed by atoms with E-state index in [2.05, 4.69) is 9.72 Å². The predicted molar refractivity (Wildman–Crippen MR) is 132 cm³/mol. The first-order chi connectivity index (χ1) is 18.0. The molecule has 3 heterocycles. The van der Waals surface area contributed by atoms with Crippen molar-refractivity contribution in [2.45, 2.75) is 58.6 Å². The maximum atomic E-state index is 15.3. The van der Waals surface area contributed by atoms with Crippen LogP contribution < -0.4 is 10.4 Å². The van der Waals surface area contributed by atoms with Gasteiger partial charge in [-0.25, -0.2) is 27.2 Å². The number of alkyl halides is 4. The summed E-state index contributed by atoms with van der Waals surface area (Å²) < 4.78 is 97.3. The monoisotopic (exact) mass is 575 g/mol. The third-order valence-corrected chi connectivity index (χ3v) is 8.51. The Morgan fingerprint density at radius 1 is 1.15 bits per heavy atom. The van der Waals surface area contributed by atoms with Gasteiger partial charge in [-0.1, -0.05) is 6.92 Å². The van der Waals surface area contributed by atoms with E-state index in [9.17, 15) is 35.6 Å². The molecule has 8 nitrogen and oxygen atoms in total. The van der Waals surface area contributed by atoms with Gasteiger partial charge >= 0.3 is 18.2 Å². The van der Waals surface area contributed by atoms with Crippen LogP contribution in [-0.4, -0.2) is 52.4 Å². The number of benzene rings is 1. The Morgan fingerprint density at radius 3 is 2.38 bits per heavy atom. The number of carbonyl (C=O) groups is 1. The van der Waals surface area contributed by atoms with Gasteiger partial charge in [0.05, 0.1) is 28.1 Å². The van der Waals surface area contributed by atoms with Gasteiger partial charge in [-0.05, 0) is 44.2 Å².